The first-order valence-electron chi connectivity index (χ1n) is 7.37. The Bertz CT molecular complexity index is 512. The molecule has 0 spiro atoms. The van der Waals surface area contributed by atoms with Gasteiger partial charge in [-0.15, -0.1) is 0 Å². The van der Waals surface area contributed by atoms with Crippen LogP contribution in [-0.2, 0) is 14.2 Å². The number of carbonyl (C=O) groups is 1. The quantitative estimate of drug-likeness (QED) is 0.565. The number of esters is 1. The van der Waals surface area contributed by atoms with Crippen LogP contribution in [0.1, 0.15) is 35.2 Å². The monoisotopic (exact) mass is 372 g/mol. The molecule has 22 heavy (non-hydrogen) atoms. The third-order valence-electron chi connectivity index (χ3n) is 3.53. The first-order chi connectivity index (χ1) is 10.6. The summed E-state index contributed by atoms with van der Waals surface area (Å²) in [6.45, 7) is 3.37. The summed E-state index contributed by atoms with van der Waals surface area (Å²) in [4.78, 5) is 11.9. The average molecular weight is 373 g/mol. The third kappa shape index (κ3) is 4.44. The fourth-order valence-electron chi connectivity index (χ4n) is 2.31. The van der Waals surface area contributed by atoms with Gasteiger partial charge >= 0.3 is 5.97 Å². The molecule has 1 heterocycles. The standard InChI is InChI=1S/C16H21BrO5/c1-11-12(17)6-7-13(15(11)16(18)19-2)20-9-10-22-14-5-3-4-8-21-14/h6-7,14H,3-5,8-10H2,1-2H3/t14-/m0/s1. The zero-order chi connectivity index (χ0) is 15.9. The van der Waals surface area contributed by atoms with E-state index in [1.165, 1.54) is 7.11 Å². The fraction of sp³-hybridized carbons (Fsp3) is 0.562. The van der Waals surface area contributed by atoms with E-state index in [-0.39, 0.29) is 6.29 Å². The van der Waals surface area contributed by atoms with Crippen molar-refractivity contribution in [1.29, 1.82) is 0 Å². The van der Waals surface area contributed by atoms with Crippen LogP contribution < -0.4 is 4.74 Å². The summed E-state index contributed by atoms with van der Waals surface area (Å²) in [6, 6.07) is 3.60. The number of benzene rings is 1. The number of hydrogen-bond acceptors (Lipinski definition) is 5. The first kappa shape index (κ1) is 17.2. The Hall–Kier alpha value is -1.11. The summed E-state index contributed by atoms with van der Waals surface area (Å²) in [5.41, 5.74) is 1.23. The molecule has 6 heteroatoms. The van der Waals surface area contributed by atoms with Gasteiger partial charge in [-0.1, -0.05) is 15.9 Å². The van der Waals surface area contributed by atoms with Gasteiger partial charge in [0.05, 0.1) is 13.7 Å². The minimum atomic E-state index is -0.412. The van der Waals surface area contributed by atoms with Crippen LogP contribution in [-0.4, -0.2) is 39.2 Å². The predicted octanol–water partition coefficient (Wildman–Crippen LogP) is 3.47. The highest BCUT2D eigenvalue weighted by molar-refractivity contribution is 9.10. The van der Waals surface area contributed by atoms with Crippen molar-refractivity contribution in [3.63, 3.8) is 0 Å². The Kier molecular flexibility index (Phi) is 6.67. The van der Waals surface area contributed by atoms with Crippen molar-refractivity contribution in [3.8, 4) is 5.75 Å². The summed E-state index contributed by atoms with van der Waals surface area (Å²) in [5.74, 6) is 0.0889. The average Bonchev–Trinajstić information content (AvgIpc) is 2.55. The first-order valence-corrected chi connectivity index (χ1v) is 8.16. The van der Waals surface area contributed by atoms with Gasteiger partial charge in [0.15, 0.2) is 6.29 Å². The van der Waals surface area contributed by atoms with E-state index in [4.69, 9.17) is 18.9 Å². The van der Waals surface area contributed by atoms with Crippen LogP contribution >= 0.6 is 15.9 Å². The lowest BCUT2D eigenvalue weighted by Gasteiger charge is -2.22. The molecule has 1 aromatic carbocycles. The highest BCUT2D eigenvalue weighted by Gasteiger charge is 2.19. The zero-order valence-corrected chi connectivity index (χ0v) is 14.5. The molecule has 0 amide bonds. The highest BCUT2D eigenvalue weighted by Crippen LogP contribution is 2.29. The zero-order valence-electron chi connectivity index (χ0n) is 12.9. The van der Waals surface area contributed by atoms with Crippen LogP contribution in [0.5, 0.6) is 5.75 Å². The molecule has 1 saturated heterocycles. The maximum Gasteiger partial charge on any atom is 0.341 e. The molecule has 2 rings (SSSR count). The van der Waals surface area contributed by atoms with E-state index < -0.39 is 5.97 Å². The Morgan fingerprint density at radius 3 is 2.86 bits per heavy atom. The molecule has 1 atom stereocenters. The number of methoxy groups -OCH3 is 1. The normalized spacial score (nSPS) is 18.0. The number of hydrogen-bond donors (Lipinski definition) is 0. The number of ether oxygens (including phenoxy) is 4. The molecule has 1 aromatic rings. The van der Waals surface area contributed by atoms with Crippen molar-refractivity contribution in [3.05, 3.63) is 27.7 Å². The van der Waals surface area contributed by atoms with E-state index in [2.05, 4.69) is 15.9 Å². The van der Waals surface area contributed by atoms with E-state index in [9.17, 15) is 4.79 Å². The van der Waals surface area contributed by atoms with Crippen LogP contribution in [0.3, 0.4) is 0 Å². The van der Waals surface area contributed by atoms with Gasteiger partial charge in [-0.05, 0) is 43.9 Å². The molecule has 0 N–H and O–H groups in total. The molecule has 0 radical (unpaired) electrons. The Morgan fingerprint density at radius 1 is 1.36 bits per heavy atom. The van der Waals surface area contributed by atoms with Crippen LogP contribution in [0.15, 0.2) is 16.6 Å². The molecule has 1 fully saturated rings. The predicted molar refractivity (Wildman–Crippen MR) is 85.3 cm³/mol. The minimum absolute atomic E-state index is 0.135. The summed E-state index contributed by atoms with van der Waals surface area (Å²) in [5, 5.41) is 0. The summed E-state index contributed by atoms with van der Waals surface area (Å²) in [6.07, 6.45) is 3.01. The SMILES string of the molecule is COC(=O)c1c(OCCO[C@H]2CCCCO2)ccc(Br)c1C. The molecule has 1 aliphatic rings. The Morgan fingerprint density at radius 2 is 2.18 bits per heavy atom. The fourth-order valence-corrected chi connectivity index (χ4v) is 2.64. The highest BCUT2D eigenvalue weighted by atomic mass is 79.9. The smallest absolute Gasteiger partial charge is 0.341 e. The molecule has 0 saturated carbocycles. The Balaban J connectivity index is 1.91. The van der Waals surface area contributed by atoms with Crippen molar-refractivity contribution in [1.82, 2.24) is 0 Å². The summed E-state index contributed by atoms with van der Waals surface area (Å²) >= 11 is 3.41. The van der Waals surface area contributed by atoms with E-state index >= 15 is 0 Å². The summed E-state index contributed by atoms with van der Waals surface area (Å²) < 4.78 is 22.4. The van der Waals surface area contributed by atoms with Gasteiger partial charge in [0.2, 0.25) is 0 Å². The van der Waals surface area contributed by atoms with E-state index in [1.54, 1.807) is 6.07 Å². The summed E-state index contributed by atoms with van der Waals surface area (Å²) in [7, 11) is 1.36. The van der Waals surface area contributed by atoms with Gasteiger partial charge in [-0.3, -0.25) is 0 Å². The lowest BCUT2D eigenvalue weighted by Crippen LogP contribution is -2.24. The van der Waals surface area contributed by atoms with E-state index in [1.807, 2.05) is 13.0 Å². The molecule has 5 nitrogen and oxygen atoms in total. The van der Waals surface area contributed by atoms with Gasteiger partial charge in [0.25, 0.3) is 0 Å². The van der Waals surface area contributed by atoms with Crippen molar-refractivity contribution in [2.75, 3.05) is 26.9 Å². The van der Waals surface area contributed by atoms with Crippen molar-refractivity contribution >= 4 is 21.9 Å². The van der Waals surface area contributed by atoms with Crippen molar-refractivity contribution in [2.45, 2.75) is 32.5 Å². The van der Waals surface area contributed by atoms with E-state index in [0.717, 1.165) is 35.9 Å². The molecule has 0 bridgehead atoms. The maximum absolute atomic E-state index is 11.9. The topological polar surface area (TPSA) is 54.0 Å². The van der Waals surface area contributed by atoms with E-state index in [0.29, 0.717) is 24.5 Å². The van der Waals surface area contributed by atoms with Crippen molar-refractivity contribution < 1.29 is 23.7 Å². The molecule has 0 unspecified atom stereocenters. The van der Waals surface area contributed by atoms with Crippen LogP contribution in [0.2, 0.25) is 0 Å². The largest absolute Gasteiger partial charge is 0.490 e. The second-order valence-corrected chi connectivity index (χ2v) is 5.91. The van der Waals surface area contributed by atoms with Gasteiger partial charge < -0.3 is 18.9 Å². The van der Waals surface area contributed by atoms with Crippen LogP contribution in [0.4, 0.5) is 0 Å². The number of carbonyl (C=O) groups excluding carboxylic acids is 1. The van der Waals surface area contributed by atoms with Crippen LogP contribution in [0, 0.1) is 6.92 Å². The maximum atomic E-state index is 11.9. The van der Waals surface area contributed by atoms with Gasteiger partial charge in [0.1, 0.15) is 17.9 Å². The lowest BCUT2D eigenvalue weighted by atomic mass is 10.1. The third-order valence-corrected chi connectivity index (χ3v) is 4.39. The molecule has 0 aromatic heterocycles. The number of halogens is 1. The Labute approximate surface area is 139 Å². The second kappa shape index (κ2) is 8.50. The molecule has 122 valence electrons. The van der Waals surface area contributed by atoms with Crippen molar-refractivity contribution in [2.24, 2.45) is 0 Å². The molecular weight excluding hydrogens is 352 g/mol. The lowest BCUT2D eigenvalue weighted by molar-refractivity contribution is -0.165. The molecular formula is C16H21BrO5. The van der Waals surface area contributed by atoms with Gasteiger partial charge in [-0.2, -0.15) is 0 Å². The van der Waals surface area contributed by atoms with Gasteiger partial charge in [0, 0.05) is 11.1 Å². The minimum Gasteiger partial charge on any atom is -0.490 e. The second-order valence-electron chi connectivity index (χ2n) is 5.05. The van der Waals surface area contributed by atoms with Gasteiger partial charge in [-0.25, -0.2) is 4.79 Å². The number of rotatable bonds is 6. The molecule has 0 aliphatic carbocycles. The molecule has 1 aliphatic heterocycles. The van der Waals surface area contributed by atoms with Crippen LogP contribution in [0.25, 0.3) is 0 Å².